The molecule has 0 amide bonds. The van der Waals surface area contributed by atoms with Gasteiger partial charge in [0.05, 0.1) is 12.4 Å². The van der Waals surface area contributed by atoms with Gasteiger partial charge in [0.2, 0.25) is 10.0 Å². The van der Waals surface area contributed by atoms with Crippen LogP contribution in [0, 0.1) is 0 Å². The zero-order valence-corrected chi connectivity index (χ0v) is 11.4. The second kappa shape index (κ2) is 5.71. The minimum Gasteiger partial charge on any atom is -0.494 e. The maximum Gasteiger partial charge on any atom is 0.214 e. The minimum absolute atomic E-state index is 0.302. The molecule has 1 aliphatic heterocycles. The Labute approximate surface area is 109 Å². The molecule has 2 rings (SSSR count). The monoisotopic (exact) mass is 269 g/mol. The second-order valence-corrected chi connectivity index (χ2v) is 6.48. The van der Waals surface area contributed by atoms with Crippen molar-refractivity contribution in [2.45, 2.75) is 19.8 Å². The highest BCUT2D eigenvalue weighted by Crippen LogP contribution is 2.16. The number of nitrogens with zero attached hydrogens (tertiary/aromatic N) is 1. The molecule has 1 aromatic carbocycles. The maximum atomic E-state index is 11.6. The van der Waals surface area contributed by atoms with Crippen molar-refractivity contribution in [2.24, 2.45) is 0 Å². The van der Waals surface area contributed by atoms with Crippen LogP contribution in [0.5, 0.6) is 5.75 Å². The summed E-state index contributed by atoms with van der Waals surface area (Å²) in [6, 6.07) is 7.84. The lowest BCUT2D eigenvalue weighted by Crippen LogP contribution is -2.27. The van der Waals surface area contributed by atoms with Gasteiger partial charge < -0.3 is 4.74 Å². The lowest BCUT2D eigenvalue weighted by Gasteiger charge is -2.14. The molecule has 0 unspecified atom stereocenters. The van der Waals surface area contributed by atoms with Crippen LogP contribution in [-0.2, 0) is 16.4 Å². The minimum atomic E-state index is -2.97. The van der Waals surface area contributed by atoms with Crippen LogP contribution in [0.4, 0.5) is 0 Å². The van der Waals surface area contributed by atoms with E-state index >= 15 is 0 Å². The Morgan fingerprint density at radius 3 is 2.56 bits per heavy atom. The zero-order chi connectivity index (χ0) is 13.0. The average Bonchev–Trinajstić information content (AvgIpc) is 2.68. The van der Waals surface area contributed by atoms with Crippen LogP contribution in [0.3, 0.4) is 0 Å². The fourth-order valence-electron chi connectivity index (χ4n) is 2.12. The van der Waals surface area contributed by atoms with Crippen molar-refractivity contribution in [3.05, 3.63) is 29.8 Å². The number of hydrogen-bond donors (Lipinski definition) is 0. The first kappa shape index (κ1) is 13.4. The molecule has 18 heavy (non-hydrogen) atoms. The van der Waals surface area contributed by atoms with Crippen molar-refractivity contribution >= 4 is 10.0 Å². The zero-order valence-electron chi connectivity index (χ0n) is 10.6. The topological polar surface area (TPSA) is 46.6 Å². The molecular weight excluding hydrogens is 250 g/mol. The van der Waals surface area contributed by atoms with Gasteiger partial charge in [-0.2, -0.15) is 0 Å². The third-order valence-corrected chi connectivity index (χ3v) is 5.04. The lowest BCUT2D eigenvalue weighted by atomic mass is 10.1. The van der Waals surface area contributed by atoms with Crippen molar-refractivity contribution in [3.63, 3.8) is 0 Å². The van der Waals surface area contributed by atoms with Gasteiger partial charge in [-0.05, 0) is 37.5 Å². The summed E-state index contributed by atoms with van der Waals surface area (Å²) in [5.74, 6) is 1.16. The van der Waals surface area contributed by atoms with Gasteiger partial charge in [-0.1, -0.05) is 12.1 Å². The Bertz CT molecular complexity index is 481. The highest BCUT2D eigenvalue weighted by Gasteiger charge is 2.27. The maximum absolute atomic E-state index is 11.6. The van der Waals surface area contributed by atoms with Crippen molar-refractivity contribution in [2.75, 3.05) is 25.4 Å². The van der Waals surface area contributed by atoms with Crippen LogP contribution >= 0.6 is 0 Å². The molecule has 1 fully saturated rings. The van der Waals surface area contributed by atoms with Gasteiger partial charge in [-0.3, -0.25) is 0 Å². The molecule has 4 nitrogen and oxygen atoms in total. The number of ether oxygens (including phenoxy) is 1. The molecule has 0 bridgehead atoms. The Hall–Kier alpha value is -1.07. The van der Waals surface area contributed by atoms with Crippen molar-refractivity contribution in [1.82, 2.24) is 4.31 Å². The molecule has 5 heteroatoms. The summed E-state index contributed by atoms with van der Waals surface area (Å²) in [6.45, 7) is 3.85. The molecule has 1 aliphatic rings. The van der Waals surface area contributed by atoms with E-state index in [1.807, 2.05) is 31.2 Å². The van der Waals surface area contributed by atoms with E-state index in [2.05, 4.69) is 0 Å². The fraction of sp³-hybridized carbons (Fsp3) is 0.538. The van der Waals surface area contributed by atoms with Crippen LogP contribution in [-0.4, -0.2) is 38.2 Å². The van der Waals surface area contributed by atoms with Crippen LogP contribution in [0.25, 0.3) is 0 Å². The van der Waals surface area contributed by atoms with E-state index in [-0.39, 0.29) is 0 Å². The Balaban J connectivity index is 1.90. The van der Waals surface area contributed by atoms with E-state index in [0.29, 0.717) is 25.4 Å². The first-order chi connectivity index (χ1) is 8.62. The number of benzene rings is 1. The first-order valence-electron chi connectivity index (χ1n) is 6.31. The van der Waals surface area contributed by atoms with Gasteiger partial charge in [0.1, 0.15) is 5.75 Å². The molecule has 0 radical (unpaired) electrons. The normalized spacial score (nSPS) is 18.9. The lowest BCUT2D eigenvalue weighted by molar-refractivity contribution is 0.340. The highest BCUT2D eigenvalue weighted by atomic mass is 32.2. The quantitative estimate of drug-likeness (QED) is 0.817. The molecule has 1 saturated heterocycles. The molecule has 1 heterocycles. The Kier molecular flexibility index (Phi) is 4.24. The summed E-state index contributed by atoms with van der Waals surface area (Å²) < 4.78 is 30.2. The smallest absolute Gasteiger partial charge is 0.214 e. The summed E-state index contributed by atoms with van der Waals surface area (Å²) in [6.07, 6.45) is 1.51. The van der Waals surface area contributed by atoms with Gasteiger partial charge in [-0.25, -0.2) is 12.7 Å². The van der Waals surface area contributed by atoms with E-state index in [4.69, 9.17) is 4.74 Å². The van der Waals surface area contributed by atoms with E-state index in [9.17, 15) is 8.42 Å². The Morgan fingerprint density at radius 2 is 2.00 bits per heavy atom. The third-order valence-electron chi connectivity index (χ3n) is 3.09. The van der Waals surface area contributed by atoms with Crippen LogP contribution in [0.1, 0.15) is 18.9 Å². The van der Waals surface area contributed by atoms with E-state index in [1.165, 1.54) is 0 Å². The standard InChI is InChI=1S/C13H19NO3S/c1-2-17-13-6-4-12(5-7-13)8-10-14-9-3-11-18(14,15)16/h4-7H,2-3,8-11H2,1H3. The van der Waals surface area contributed by atoms with Gasteiger partial charge in [0, 0.05) is 13.1 Å². The van der Waals surface area contributed by atoms with Gasteiger partial charge >= 0.3 is 0 Å². The molecule has 0 saturated carbocycles. The molecule has 1 aromatic rings. The molecule has 100 valence electrons. The predicted octanol–water partition coefficient (Wildman–Crippen LogP) is 1.66. The summed E-state index contributed by atoms with van der Waals surface area (Å²) >= 11 is 0. The SMILES string of the molecule is CCOc1ccc(CCN2CCCS2(=O)=O)cc1. The molecule has 0 atom stereocenters. The largest absolute Gasteiger partial charge is 0.494 e. The van der Waals surface area contributed by atoms with Crippen molar-refractivity contribution in [1.29, 1.82) is 0 Å². The van der Waals surface area contributed by atoms with Gasteiger partial charge in [0.15, 0.2) is 0 Å². The van der Waals surface area contributed by atoms with Crippen molar-refractivity contribution < 1.29 is 13.2 Å². The molecule has 0 aromatic heterocycles. The molecule has 0 spiro atoms. The van der Waals surface area contributed by atoms with Crippen molar-refractivity contribution in [3.8, 4) is 5.75 Å². The van der Waals surface area contributed by atoms with E-state index < -0.39 is 10.0 Å². The van der Waals surface area contributed by atoms with Gasteiger partial charge in [0.25, 0.3) is 0 Å². The Morgan fingerprint density at radius 1 is 1.28 bits per heavy atom. The fourth-order valence-corrected chi connectivity index (χ4v) is 3.64. The van der Waals surface area contributed by atoms with Crippen LogP contribution < -0.4 is 4.74 Å². The predicted molar refractivity (Wildman–Crippen MR) is 71.3 cm³/mol. The van der Waals surface area contributed by atoms with Gasteiger partial charge in [-0.15, -0.1) is 0 Å². The highest BCUT2D eigenvalue weighted by molar-refractivity contribution is 7.89. The first-order valence-corrected chi connectivity index (χ1v) is 7.92. The summed E-state index contributed by atoms with van der Waals surface area (Å²) in [5, 5.41) is 0. The van der Waals surface area contributed by atoms with Crippen LogP contribution in [0.15, 0.2) is 24.3 Å². The summed E-state index contributed by atoms with van der Waals surface area (Å²) in [7, 11) is -2.97. The second-order valence-electron chi connectivity index (χ2n) is 4.40. The summed E-state index contributed by atoms with van der Waals surface area (Å²) in [4.78, 5) is 0. The van der Waals surface area contributed by atoms with E-state index in [0.717, 1.165) is 24.2 Å². The number of sulfonamides is 1. The summed E-state index contributed by atoms with van der Waals surface area (Å²) in [5.41, 5.74) is 1.14. The number of hydrogen-bond acceptors (Lipinski definition) is 3. The molecule has 0 N–H and O–H groups in total. The average molecular weight is 269 g/mol. The van der Waals surface area contributed by atoms with E-state index in [1.54, 1.807) is 4.31 Å². The number of rotatable bonds is 5. The third kappa shape index (κ3) is 3.23. The van der Waals surface area contributed by atoms with Crippen LogP contribution in [0.2, 0.25) is 0 Å². The molecular formula is C13H19NO3S. The molecule has 0 aliphatic carbocycles.